The standard InChI is InChI=1S/C11H11N3O/c1-8-9(11(12)15)3-2-4-10(8)14-6-5-13-7-14/h2-7H,1H3,(H2,12,15). The van der Waals surface area contributed by atoms with Gasteiger partial charge in [-0.1, -0.05) is 6.07 Å². The monoisotopic (exact) mass is 201 g/mol. The van der Waals surface area contributed by atoms with E-state index in [2.05, 4.69) is 4.98 Å². The Morgan fingerprint density at radius 1 is 1.47 bits per heavy atom. The molecule has 1 heterocycles. The zero-order chi connectivity index (χ0) is 10.8. The van der Waals surface area contributed by atoms with E-state index in [0.717, 1.165) is 11.3 Å². The third kappa shape index (κ3) is 1.61. The lowest BCUT2D eigenvalue weighted by Crippen LogP contribution is -2.13. The Labute approximate surface area is 87.4 Å². The normalized spacial score (nSPS) is 10.2. The molecule has 0 fully saturated rings. The second-order valence-electron chi connectivity index (χ2n) is 3.28. The van der Waals surface area contributed by atoms with Crippen molar-refractivity contribution >= 4 is 5.91 Å². The van der Waals surface area contributed by atoms with Crippen molar-refractivity contribution in [3.63, 3.8) is 0 Å². The van der Waals surface area contributed by atoms with Crippen LogP contribution < -0.4 is 5.73 Å². The van der Waals surface area contributed by atoms with E-state index in [9.17, 15) is 4.79 Å². The molecular formula is C11H11N3O. The van der Waals surface area contributed by atoms with Crippen molar-refractivity contribution in [2.24, 2.45) is 5.73 Å². The van der Waals surface area contributed by atoms with E-state index in [4.69, 9.17) is 5.73 Å². The molecule has 0 radical (unpaired) electrons. The average Bonchev–Trinajstić information content (AvgIpc) is 2.70. The molecule has 0 bridgehead atoms. The fourth-order valence-corrected chi connectivity index (χ4v) is 1.57. The summed E-state index contributed by atoms with van der Waals surface area (Å²) in [6, 6.07) is 5.45. The number of nitrogens with zero attached hydrogens (tertiary/aromatic N) is 2. The second kappa shape index (κ2) is 3.57. The Morgan fingerprint density at radius 2 is 2.27 bits per heavy atom. The number of amides is 1. The molecule has 2 aromatic rings. The molecule has 0 unspecified atom stereocenters. The van der Waals surface area contributed by atoms with E-state index in [0.29, 0.717) is 5.56 Å². The Kier molecular flexibility index (Phi) is 2.25. The Balaban J connectivity index is 2.59. The van der Waals surface area contributed by atoms with Gasteiger partial charge in [0.05, 0.1) is 12.0 Å². The van der Waals surface area contributed by atoms with E-state index < -0.39 is 5.91 Å². The van der Waals surface area contributed by atoms with Gasteiger partial charge in [-0.15, -0.1) is 0 Å². The quantitative estimate of drug-likeness (QED) is 0.795. The van der Waals surface area contributed by atoms with Crippen LogP contribution >= 0.6 is 0 Å². The summed E-state index contributed by atoms with van der Waals surface area (Å²) >= 11 is 0. The highest BCUT2D eigenvalue weighted by molar-refractivity contribution is 5.95. The van der Waals surface area contributed by atoms with Gasteiger partial charge in [0, 0.05) is 18.0 Å². The van der Waals surface area contributed by atoms with Crippen LogP contribution in [0, 0.1) is 6.92 Å². The number of aromatic nitrogens is 2. The van der Waals surface area contributed by atoms with Gasteiger partial charge >= 0.3 is 0 Å². The zero-order valence-corrected chi connectivity index (χ0v) is 8.34. The van der Waals surface area contributed by atoms with Crippen molar-refractivity contribution in [2.75, 3.05) is 0 Å². The van der Waals surface area contributed by atoms with Crippen molar-refractivity contribution < 1.29 is 4.79 Å². The van der Waals surface area contributed by atoms with Gasteiger partial charge in [-0.05, 0) is 24.6 Å². The molecule has 76 valence electrons. The molecule has 1 aromatic carbocycles. The highest BCUT2D eigenvalue weighted by atomic mass is 16.1. The van der Waals surface area contributed by atoms with E-state index in [-0.39, 0.29) is 0 Å². The summed E-state index contributed by atoms with van der Waals surface area (Å²) in [5.74, 6) is -0.408. The molecule has 2 rings (SSSR count). The van der Waals surface area contributed by atoms with Crippen molar-refractivity contribution in [3.8, 4) is 5.69 Å². The van der Waals surface area contributed by atoms with Crippen LogP contribution in [0.1, 0.15) is 15.9 Å². The Morgan fingerprint density at radius 3 is 2.87 bits per heavy atom. The van der Waals surface area contributed by atoms with Crippen molar-refractivity contribution in [2.45, 2.75) is 6.92 Å². The van der Waals surface area contributed by atoms with Gasteiger partial charge in [0.25, 0.3) is 0 Å². The van der Waals surface area contributed by atoms with Crippen LogP contribution in [0.15, 0.2) is 36.9 Å². The zero-order valence-electron chi connectivity index (χ0n) is 8.34. The van der Waals surface area contributed by atoms with Crippen LogP contribution in [0.25, 0.3) is 5.69 Å². The number of imidazole rings is 1. The van der Waals surface area contributed by atoms with Crippen LogP contribution in [0.3, 0.4) is 0 Å². The van der Waals surface area contributed by atoms with E-state index in [1.807, 2.05) is 29.8 Å². The Bertz CT molecular complexity index is 489. The molecule has 4 heteroatoms. The number of nitrogens with two attached hydrogens (primary N) is 1. The molecule has 4 nitrogen and oxygen atoms in total. The number of carbonyl (C=O) groups excluding carboxylic acids is 1. The molecule has 0 atom stereocenters. The maximum atomic E-state index is 11.1. The average molecular weight is 201 g/mol. The number of hydrogen-bond donors (Lipinski definition) is 1. The smallest absolute Gasteiger partial charge is 0.249 e. The van der Waals surface area contributed by atoms with Crippen LogP contribution in [0.5, 0.6) is 0 Å². The Hall–Kier alpha value is -2.10. The first kappa shape index (κ1) is 9.45. The molecular weight excluding hydrogens is 190 g/mol. The molecule has 0 saturated heterocycles. The van der Waals surface area contributed by atoms with E-state index >= 15 is 0 Å². The SMILES string of the molecule is Cc1c(C(N)=O)cccc1-n1ccnc1. The van der Waals surface area contributed by atoms with Crippen molar-refractivity contribution in [1.82, 2.24) is 9.55 Å². The first-order valence-electron chi connectivity index (χ1n) is 4.58. The summed E-state index contributed by atoms with van der Waals surface area (Å²) in [7, 11) is 0. The minimum Gasteiger partial charge on any atom is -0.366 e. The largest absolute Gasteiger partial charge is 0.366 e. The van der Waals surface area contributed by atoms with Crippen molar-refractivity contribution in [3.05, 3.63) is 48.0 Å². The molecule has 2 N–H and O–H groups in total. The van der Waals surface area contributed by atoms with E-state index in [1.165, 1.54) is 0 Å². The fourth-order valence-electron chi connectivity index (χ4n) is 1.57. The second-order valence-corrected chi connectivity index (χ2v) is 3.28. The van der Waals surface area contributed by atoms with Gasteiger partial charge in [-0.3, -0.25) is 4.79 Å². The summed E-state index contributed by atoms with van der Waals surface area (Å²) < 4.78 is 1.85. The number of hydrogen-bond acceptors (Lipinski definition) is 2. The van der Waals surface area contributed by atoms with Crippen LogP contribution in [-0.2, 0) is 0 Å². The molecule has 1 amide bonds. The maximum absolute atomic E-state index is 11.1. The fraction of sp³-hybridized carbons (Fsp3) is 0.0909. The highest BCUT2D eigenvalue weighted by Gasteiger charge is 2.08. The maximum Gasteiger partial charge on any atom is 0.249 e. The van der Waals surface area contributed by atoms with E-state index in [1.54, 1.807) is 18.6 Å². The number of benzene rings is 1. The molecule has 0 saturated carbocycles. The van der Waals surface area contributed by atoms with Crippen LogP contribution in [-0.4, -0.2) is 15.5 Å². The van der Waals surface area contributed by atoms with Gasteiger partial charge in [-0.2, -0.15) is 0 Å². The number of primary amides is 1. The molecule has 0 aliphatic heterocycles. The van der Waals surface area contributed by atoms with Gasteiger partial charge in [0.1, 0.15) is 0 Å². The lowest BCUT2D eigenvalue weighted by atomic mass is 10.1. The molecule has 15 heavy (non-hydrogen) atoms. The summed E-state index contributed by atoms with van der Waals surface area (Å²) in [5.41, 5.74) is 7.60. The summed E-state index contributed by atoms with van der Waals surface area (Å²) in [5, 5.41) is 0. The number of carbonyl (C=O) groups is 1. The van der Waals surface area contributed by atoms with Crippen LogP contribution in [0.2, 0.25) is 0 Å². The predicted octanol–water partition coefficient (Wildman–Crippen LogP) is 1.28. The summed E-state index contributed by atoms with van der Waals surface area (Å²) in [6.45, 7) is 1.87. The minimum absolute atomic E-state index is 0.408. The summed E-state index contributed by atoms with van der Waals surface area (Å²) in [6.07, 6.45) is 5.20. The first-order chi connectivity index (χ1) is 7.20. The lowest BCUT2D eigenvalue weighted by molar-refractivity contribution is 0.0999. The van der Waals surface area contributed by atoms with Gasteiger partial charge in [0.2, 0.25) is 5.91 Å². The molecule has 0 aliphatic rings. The highest BCUT2D eigenvalue weighted by Crippen LogP contribution is 2.17. The van der Waals surface area contributed by atoms with Gasteiger partial charge in [0.15, 0.2) is 0 Å². The van der Waals surface area contributed by atoms with Crippen molar-refractivity contribution in [1.29, 1.82) is 0 Å². The third-order valence-electron chi connectivity index (χ3n) is 2.35. The number of rotatable bonds is 2. The third-order valence-corrected chi connectivity index (χ3v) is 2.35. The molecule has 0 spiro atoms. The molecule has 1 aromatic heterocycles. The summed E-state index contributed by atoms with van der Waals surface area (Å²) in [4.78, 5) is 15.1. The van der Waals surface area contributed by atoms with Crippen LogP contribution in [0.4, 0.5) is 0 Å². The topological polar surface area (TPSA) is 60.9 Å². The van der Waals surface area contributed by atoms with Gasteiger partial charge in [-0.25, -0.2) is 4.98 Å². The predicted molar refractivity (Wildman–Crippen MR) is 56.8 cm³/mol. The molecule has 0 aliphatic carbocycles. The van der Waals surface area contributed by atoms with Gasteiger partial charge < -0.3 is 10.3 Å². The lowest BCUT2D eigenvalue weighted by Gasteiger charge is -2.09. The minimum atomic E-state index is -0.408. The first-order valence-corrected chi connectivity index (χ1v) is 4.58.